The molecule has 0 aliphatic carbocycles. The summed E-state index contributed by atoms with van der Waals surface area (Å²) < 4.78 is 0.762. The van der Waals surface area contributed by atoms with Crippen molar-refractivity contribution < 1.29 is 9.72 Å². The normalized spacial score (nSPS) is 10.4. The van der Waals surface area contributed by atoms with Crippen LogP contribution in [-0.4, -0.2) is 26.6 Å². The van der Waals surface area contributed by atoms with Crippen LogP contribution in [0.4, 0.5) is 23.0 Å². The summed E-state index contributed by atoms with van der Waals surface area (Å²) in [6.07, 6.45) is 0. The van der Waals surface area contributed by atoms with Crippen LogP contribution >= 0.6 is 43.6 Å². The van der Waals surface area contributed by atoms with Crippen molar-refractivity contribution in [1.29, 1.82) is 0 Å². The monoisotopic (exact) mass is 476 g/mol. The number of aromatic nitrogens is 2. The predicted octanol–water partition coefficient (Wildman–Crippen LogP) is 2.81. The second kappa shape index (κ2) is 7.77. The molecule has 12 heteroatoms. The molecule has 0 fully saturated rings. The number of nitrogens with one attached hydrogen (secondary N) is 1. The number of non-ortho nitro benzene ring substituents is 1. The summed E-state index contributed by atoms with van der Waals surface area (Å²) in [5, 5.41) is 13.7. The first kappa shape index (κ1) is 18.4. The Morgan fingerprint density at radius 3 is 2.25 bits per heavy atom. The third kappa shape index (κ3) is 4.79. The number of carbonyl (C=O) groups is 1. The quantitative estimate of drug-likeness (QED) is 0.257. The van der Waals surface area contributed by atoms with Crippen LogP contribution in [0, 0.1) is 10.1 Å². The van der Waals surface area contributed by atoms with Gasteiger partial charge < -0.3 is 16.8 Å². The molecule has 0 unspecified atom stereocenters. The van der Waals surface area contributed by atoms with Gasteiger partial charge in [0.15, 0.2) is 5.16 Å². The topological polar surface area (TPSA) is 150 Å². The van der Waals surface area contributed by atoms with E-state index in [1.807, 2.05) is 0 Å². The molecule has 2 rings (SSSR count). The van der Waals surface area contributed by atoms with E-state index in [4.69, 9.17) is 11.5 Å². The van der Waals surface area contributed by atoms with Crippen molar-refractivity contribution in [2.45, 2.75) is 5.16 Å². The molecule has 9 nitrogen and oxygen atoms in total. The van der Waals surface area contributed by atoms with Crippen LogP contribution in [-0.2, 0) is 4.79 Å². The fourth-order valence-corrected chi connectivity index (χ4v) is 3.65. The zero-order chi connectivity index (χ0) is 17.9. The number of hydrogen-bond donors (Lipinski definition) is 3. The summed E-state index contributed by atoms with van der Waals surface area (Å²) >= 11 is 7.46. The lowest BCUT2D eigenvalue weighted by Crippen LogP contribution is -2.15. The molecule has 5 N–H and O–H groups in total. The fourth-order valence-electron chi connectivity index (χ4n) is 1.62. The molecule has 0 aliphatic heterocycles. The number of thioether (sulfide) groups is 1. The van der Waals surface area contributed by atoms with Gasteiger partial charge in [0.2, 0.25) is 5.91 Å². The average Bonchev–Trinajstić information content (AvgIpc) is 2.47. The van der Waals surface area contributed by atoms with E-state index >= 15 is 0 Å². The maximum Gasteiger partial charge on any atom is 0.271 e. The van der Waals surface area contributed by atoms with Crippen molar-refractivity contribution in [2.75, 3.05) is 22.5 Å². The standard InChI is InChI=1S/C12H10Br2N6O3S/c13-6-1-5(20(22)23)2-7(14)11(6)19-10(21)4-24-12-17-8(15)3-9(16)18-12/h1-3H,4H2,(H,19,21)(H4,15,16,17,18). The van der Waals surface area contributed by atoms with Crippen LogP contribution in [0.25, 0.3) is 0 Å². The third-order valence-electron chi connectivity index (χ3n) is 2.58. The Hall–Kier alpha value is -1.92. The second-order valence-electron chi connectivity index (χ2n) is 4.38. The number of carbonyl (C=O) groups excluding carboxylic acids is 1. The molecule has 1 aromatic heterocycles. The molecule has 1 amide bonds. The first-order valence-corrected chi connectivity index (χ1v) is 8.79. The van der Waals surface area contributed by atoms with Crippen LogP contribution < -0.4 is 16.8 Å². The molecular weight excluding hydrogens is 468 g/mol. The highest BCUT2D eigenvalue weighted by Gasteiger charge is 2.16. The number of nitrogen functional groups attached to an aromatic ring is 2. The van der Waals surface area contributed by atoms with Gasteiger partial charge in [0.25, 0.3) is 5.69 Å². The summed E-state index contributed by atoms with van der Waals surface area (Å²) in [5.41, 5.74) is 11.4. The summed E-state index contributed by atoms with van der Waals surface area (Å²) in [6.45, 7) is 0. The Morgan fingerprint density at radius 1 is 1.21 bits per heavy atom. The number of anilines is 3. The summed E-state index contributed by atoms with van der Waals surface area (Å²) in [4.78, 5) is 30.2. The Morgan fingerprint density at radius 2 is 1.75 bits per heavy atom. The molecule has 0 bridgehead atoms. The summed E-state index contributed by atoms with van der Waals surface area (Å²) in [5.74, 6) is 0.0936. The van der Waals surface area contributed by atoms with Crippen molar-refractivity contribution in [3.05, 3.63) is 37.3 Å². The molecule has 0 saturated carbocycles. The van der Waals surface area contributed by atoms with Gasteiger partial charge in [-0.2, -0.15) is 0 Å². The number of hydrogen-bond acceptors (Lipinski definition) is 8. The molecule has 24 heavy (non-hydrogen) atoms. The zero-order valence-corrected chi connectivity index (χ0v) is 15.8. The SMILES string of the molecule is Nc1cc(N)nc(SCC(=O)Nc2c(Br)cc([N+](=O)[O-])cc2Br)n1. The van der Waals surface area contributed by atoms with Crippen molar-refractivity contribution in [2.24, 2.45) is 0 Å². The summed E-state index contributed by atoms with van der Waals surface area (Å²) in [6, 6.07) is 4.01. The second-order valence-corrected chi connectivity index (χ2v) is 7.03. The maximum atomic E-state index is 12.1. The van der Waals surface area contributed by atoms with Gasteiger partial charge in [-0.3, -0.25) is 14.9 Å². The lowest BCUT2D eigenvalue weighted by molar-refractivity contribution is -0.385. The van der Waals surface area contributed by atoms with Gasteiger partial charge in [-0.05, 0) is 31.9 Å². The van der Waals surface area contributed by atoms with E-state index in [2.05, 4.69) is 47.1 Å². The van der Waals surface area contributed by atoms with Gasteiger partial charge >= 0.3 is 0 Å². The van der Waals surface area contributed by atoms with E-state index in [-0.39, 0.29) is 34.1 Å². The number of nitro benzene ring substituents is 1. The number of nitro groups is 1. The number of benzene rings is 1. The average molecular weight is 478 g/mol. The Labute approximate surface area is 157 Å². The first-order valence-electron chi connectivity index (χ1n) is 6.22. The molecule has 0 radical (unpaired) electrons. The fraction of sp³-hybridized carbons (Fsp3) is 0.0833. The Balaban J connectivity index is 2.06. The highest BCUT2D eigenvalue weighted by Crippen LogP contribution is 2.35. The Kier molecular flexibility index (Phi) is 5.96. The molecule has 1 heterocycles. The lowest BCUT2D eigenvalue weighted by atomic mass is 10.3. The van der Waals surface area contributed by atoms with Crippen LogP contribution in [0.5, 0.6) is 0 Å². The molecule has 0 aliphatic rings. The van der Waals surface area contributed by atoms with E-state index in [0.717, 1.165) is 11.8 Å². The molecular formula is C12H10Br2N6O3S. The lowest BCUT2D eigenvalue weighted by Gasteiger charge is -2.09. The zero-order valence-electron chi connectivity index (χ0n) is 11.8. The van der Waals surface area contributed by atoms with Crippen molar-refractivity contribution in [3.63, 3.8) is 0 Å². The highest BCUT2D eigenvalue weighted by atomic mass is 79.9. The third-order valence-corrected chi connectivity index (χ3v) is 4.68. The van der Waals surface area contributed by atoms with E-state index in [9.17, 15) is 14.9 Å². The number of nitrogens with zero attached hydrogens (tertiary/aromatic N) is 3. The molecule has 0 saturated heterocycles. The maximum absolute atomic E-state index is 12.1. The molecule has 0 atom stereocenters. The number of amides is 1. The minimum Gasteiger partial charge on any atom is -0.383 e. The van der Waals surface area contributed by atoms with Crippen LogP contribution in [0.15, 0.2) is 32.3 Å². The summed E-state index contributed by atoms with van der Waals surface area (Å²) in [7, 11) is 0. The Bertz CT molecular complexity index is 776. The largest absolute Gasteiger partial charge is 0.383 e. The molecule has 1 aromatic carbocycles. The predicted molar refractivity (Wildman–Crippen MR) is 98.7 cm³/mol. The van der Waals surface area contributed by atoms with Crippen LogP contribution in [0.1, 0.15) is 0 Å². The highest BCUT2D eigenvalue weighted by molar-refractivity contribution is 9.11. The molecule has 2 aromatic rings. The van der Waals surface area contributed by atoms with Crippen molar-refractivity contribution in [1.82, 2.24) is 9.97 Å². The minimum absolute atomic E-state index is 0.0127. The van der Waals surface area contributed by atoms with Gasteiger partial charge in [0.1, 0.15) is 11.6 Å². The van der Waals surface area contributed by atoms with E-state index in [0.29, 0.717) is 14.6 Å². The van der Waals surface area contributed by atoms with E-state index in [1.165, 1.54) is 18.2 Å². The van der Waals surface area contributed by atoms with Crippen LogP contribution in [0.3, 0.4) is 0 Å². The minimum atomic E-state index is -0.529. The van der Waals surface area contributed by atoms with Crippen molar-refractivity contribution >= 4 is 72.5 Å². The van der Waals surface area contributed by atoms with Gasteiger partial charge in [0.05, 0.1) is 16.4 Å². The van der Waals surface area contributed by atoms with Gasteiger partial charge in [-0.1, -0.05) is 11.8 Å². The molecule has 0 spiro atoms. The first-order chi connectivity index (χ1) is 11.3. The number of halogens is 2. The number of nitrogens with two attached hydrogens (primary N) is 2. The van der Waals surface area contributed by atoms with E-state index < -0.39 is 4.92 Å². The molecule has 126 valence electrons. The van der Waals surface area contributed by atoms with Gasteiger partial charge in [-0.25, -0.2) is 9.97 Å². The smallest absolute Gasteiger partial charge is 0.271 e. The van der Waals surface area contributed by atoms with Gasteiger partial charge in [0, 0.05) is 27.1 Å². The van der Waals surface area contributed by atoms with Crippen LogP contribution in [0.2, 0.25) is 0 Å². The van der Waals surface area contributed by atoms with Gasteiger partial charge in [-0.15, -0.1) is 0 Å². The number of rotatable bonds is 5. The van der Waals surface area contributed by atoms with E-state index in [1.54, 1.807) is 0 Å². The van der Waals surface area contributed by atoms with Crippen molar-refractivity contribution in [3.8, 4) is 0 Å².